The Hall–Kier alpha value is -2.41. The summed E-state index contributed by atoms with van der Waals surface area (Å²) in [5.41, 5.74) is 3.10. The molecule has 180 valence electrons. The Morgan fingerprint density at radius 2 is 1.56 bits per heavy atom. The first-order valence-corrected chi connectivity index (χ1v) is 10.9. The number of benzene rings is 1. The van der Waals surface area contributed by atoms with Gasteiger partial charge in [-0.3, -0.25) is 9.59 Å². The minimum Gasteiger partial charge on any atom is -0.481 e. The summed E-state index contributed by atoms with van der Waals surface area (Å²) >= 11 is 0. The van der Waals surface area contributed by atoms with Crippen LogP contribution in [0.2, 0.25) is 0 Å². The van der Waals surface area contributed by atoms with Crippen molar-refractivity contribution in [3.63, 3.8) is 0 Å². The highest BCUT2D eigenvalue weighted by Crippen LogP contribution is 2.43. The molecule has 7 heteroatoms. The van der Waals surface area contributed by atoms with E-state index in [0.717, 1.165) is 0 Å². The Labute approximate surface area is 192 Å². The Morgan fingerprint density at radius 1 is 1.00 bits per heavy atom. The fourth-order valence-corrected chi connectivity index (χ4v) is 3.73. The maximum atomic E-state index is 12.8. The van der Waals surface area contributed by atoms with Crippen molar-refractivity contribution >= 4 is 17.8 Å². The van der Waals surface area contributed by atoms with E-state index in [2.05, 4.69) is 71.2 Å². The van der Waals surface area contributed by atoms with Crippen LogP contribution in [0.5, 0.6) is 0 Å². The van der Waals surface area contributed by atoms with Crippen LogP contribution in [0.3, 0.4) is 0 Å². The summed E-state index contributed by atoms with van der Waals surface area (Å²) in [6, 6.07) is 3.28. The first-order chi connectivity index (χ1) is 14.5. The number of carboxylic acids is 1. The largest absolute Gasteiger partial charge is 0.481 e. The zero-order chi connectivity index (χ0) is 25.1. The molecule has 0 heterocycles. The number of methoxy groups -OCH3 is 1. The molecule has 1 amide bonds. The molecule has 0 radical (unpaired) electrons. The standard InChI is InChI=1S/C25H40N2O5/c1-15-11-12-18(17(3)16(15)2)24(6,7)23(4,5)14-26-19(13-20(28)29)21(30)27-25(8,9)22(31)32-10/h11-12,19,26H,13-14H2,1-10H3,(H,27,30)(H,28,29)/t19-/m0/s1. The van der Waals surface area contributed by atoms with Gasteiger partial charge in [-0.25, -0.2) is 4.79 Å². The minimum atomic E-state index is -1.27. The monoisotopic (exact) mass is 448 g/mol. The Morgan fingerprint density at radius 3 is 2.06 bits per heavy atom. The molecule has 0 aromatic heterocycles. The molecule has 1 aromatic carbocycles. The number of rotatable bonds is 10. The van der Waals surface area contributed by atoms with E-state index in [1.165, 1.54) is 43.2 Å². The van der Waals surface area contributed by atoms with E-state index in [0.29, 0.717) is 6.54 Å². The van der Waals surface area contributed by atoms with Crippen molar-refractivity contribution in [3.05, 3.63) is 34.4 Å². The third kappa shape index (κ3) is 6.09. The molecule has 0 aliphatic carbocycles. The number of amides is 1. The molecule has 0 unspecified atom stereocenters. The van der Waals surface area contributed by atoms with E-state index in [9.17, 15) is 19.5 Å². The summed E-state index contributed by atoms with van der Waals surface area (Å²) in [6.45, 7) is 18.3. The Kier molecular flexibility index (Phi) is 8.65. The zero-order valence-corrected chi connectivity index (χ0v) is 21.2. The third-order valence-electron chi connectivity index (χ3n) is 7.04. The van der Waals surface area contributed by atoms with Gasteiger partial charge < -0.3 is 20.5 Å². The molecule has 0 fully saturated rings. The molecular weight excluding hydrogens is 408 g/mol. The van der Waals surface area contributed by atoms with Crippen molar-refractivity contribution in [1.82, 2.24) is 10.6 Å². The van der Waals surface area contributed by atoms with Gasteiger partial charge in [0.1, 0.15) is 5.54 Å². The molecule has 32 heavy (non-hydrogen) atoms. The fraction of sp³-hybridized carbons (Fsp3) is 0.640. The summed E-state index contributed by atoms with van der Waals surface area (Å²) in [4.78, 5) is 36.2. The van der Waals surface area contributed by atoms with Crippen LogP contribution >= 0.6 is 0 Å². The predicted octanol–water partition coefficient (Wildman–Crippen LogP) is 3.42. The highest BCUT2D eigenvalue weighted by molar-refractivity contribution is 5.91. The maximum absolute atomic E-state index is 12.8. The number of hydrogen-bond donors (Lipinski definition) is 3. The second kappa shape index (κ2) is 10.0. The lowest BCUT2D eigenvalue weighted by molar-refractivity contribution is -0.149. The predicted molar refractivity (Wildman–Crippen MR) is 126 cm³/mol. The van der Waals surface area contributed by atoms with E-state index >= 15 is 0 Å². The van der Waals surface area contributed by atoms with Crippen LogP contribution < -0.4 is 10.6 Å². The molecule has 0 saturated carbocycles. The normalized spacial score (nSPS) is 13.4. The molecule has 1 rings (SSSR count). The van der Waals surface area contributed by atoms with Crippen molar-refractivity contribution < 1.29 is 24.2 Å². The van der Waals surface area contributed by atoms with Crippen LogP contribution in [-0.4, -0.2) is 48.2 Å². The number of carboxylic acid groups (broad SMARTS) is 1. The quantitative estimate of drug-likeness (QED) is 0.474. The van der Waals surface area contributed by atoms with Gasteiger partial charge in [-0.05, 0) is 67.7 Å². The maximum Gasteiger partial charge on any atom is 0.330 e. The fourth-order valence-electron chi connectivity index (χ4n) is 3.73. The third-order valence-corrected chi connectivity index (χ3v) is 7.04. The smallest absolute Gasteiger partial charge is 0.330 e. The number of carbonyl (C=O) groups is 3. The number of ether oxygens (including phenoxy) is 1. The SMILES string of the molecule is COC(=O)C(C)(C)NC(=O)[C@H](CC(=O)O)NCC(C)(C)C(C)(C)c1ccc(C)c(C)c1C. The average Bonchev–Trinajstić information content (AvgIpc) is 2.67. The molecular formula is C25H40N2O5. The van der Waals surface area contributed by atoms with Gasteiger partial charge in [0.25, 0.3) is 0 Å². The zero-order valence-electron chi connectivity index (χ0n) is 21.2. The topological polar surface area (TPSA) is 105 Å². The van der Waals surface area contributed by atoms with Crippen LogP contribution in [0.1, 0.15) is 70.2 Å². The van der Waals surface area contributed by atoms with Gasteiger partial charge in [0.05, 0.1) is 19.6 Å². The number of hydrogen-bond acceptors (Lipinski definition) is 5. The molecule has 7 nitrogen and oxygen atoms in total. The number of esters is 1. The minimum absolute atomic E-state index is 0.266. The van der Waals surface area contributed by atoms with E-state index in [-0.39, 0.29) is 10.8 Å². The van der Waals surface area contributed by atoms with Gasteiger partial charge in [0, 0.05) is 6.54 Å². The van der Waals surface area contributed by atoms with Crippen molar-refractivity contribution in [2.45, 2.75) is 85.7 Å². The second-order valence-corrected chi connectivity index (χ2v) is 10.3. The lowest BCUT2D eigenvalue weighted by Crippen LogP contribution is -2.58. The lowest BCUT2D eigenvalue weighted by atomic mass is 9.62. The Bertz CT molecular complexity index is 871. The first-order valence-electron chi connectivity index (χ1n) is 10.9. The number of aliphatic carboxylic acids is 1. The number of nitrogens with one attached hydrogen (secondary N) is 2. The summed E-state index contributed by atoms with van der Waals surface area (Å²) in [6.07, 6.45) is -0.401. The van der Waals surface area contributed by atoms with E-state index in [4.69, 9.17) is 4.74 Å². The first kappa shape index (κ1) is 27.6. The van der Waals surface area contributed by atoms with Gasteiger partial charge in [0.15, 0.2) is 0 Å². The van der Waals surface area contributed by atoms with E-state index < -0.39 is 35.8 Å². The van der Waals surface area contributed by atoms with E-state index in [1.807, 2.05) is 0 Å². The molecule has 0 saturated heterocycles. The summed E-state index contributed by atoms with van der Waals surface area (Å²) < 4.78 is 4.72. The van der Waals surface area contributed by atoms with Crippen LogP contribution in [0.4, 0.5) is 0 Å². The van der Waals surface area contributed by atoms with Crippen LogP contribution in [0.25, 0.3) is 0 Å². The molecule has 0 spiro atoms. The van der Waals surface area contributed by atoms with Gasteiger partial charge >= 0.3 is 11.9 Å². The van der Waals surface area contributed by atoms with Crippen LogP contribution in [0, 0.1) is 26.2 Å². The number of aryl methyl sites for hydroxylation is 1. The van der Waals surface area contributed by atoms with Crippen molar-refractivity contribution in [2.75, 3.05) is 13.7 Å². The van der Waals surface area contributed by atoms with Gasteiger partial charge in [0.2, 0.25) is 5.91 Å². The summed E-state index contributed by atoms with van der Waals surface area (Å²) in [5, 5.41) is 15.1. The van der Waals surface area contributed by atoms with Crippen LogP contribution in [0.15, 0.2) is 12.1 Å². The van der Waals surface area contributed by atoms with Crippen LogP contribution in [-0.2, 0) is 24.5 Å². The van der Waals surface area contributed by atoms with Gasteiger partial charge in [-0.15, -0.1) is 0 Å². The van der Waals surface area contributed by atoms with E-state index in [1.54, 1.807) is 0 Å². The molecule has 1 aromatic rings. The summed E-state index contributed by atoms with van der Waals surface area (Å²) in [7, 11) is 1.24. The molecule has 0 aliphatic heterocycles. The number of carbonyl (C=O) groups excluding carboxylic acids is 2. The van der Waals surface area contributed by atoms with Gasteiger partial charge in [-0.2, -0.15) is 0 Å². The highest BCUT2D eigenvalue weighted by Gasteiger charge is 2.41. The molecule has 1 atom stereocenters. The highest BCUT2D eigenvalue weighted by atomic mass is 16.5. The van der Waals surface area contributed by atoms with Gasteiger partial charge in [-0.1, -0.05) is 39.8 Å². The van der Waals surface area contributed by atoms with Crippen molar-refractivity contribution in [2.24, 2.45) is 5.41 Å². The molecule has 0 bridgehead atoms. The summed E-state index contributed by atoms with van der Waals surface area (Å²) in [5.74, 6) is -2.26. The Balaban J connectivity index is 3.12. The average molecular weight is 449 g/mol. The molecule has 0 aliphatic rings. The second-order valence-electron chi connectivity index (χ2n) is 10.3. The van der Waals surface area contributed by atoms with Crippen molar-refractivity contribution in [1.29, 1.82) is 0 Å². The lowest BCUT2D eigenvalue weighted by Gasteiger charge is -2.44. The molecule has 3 N–H and O–H groups in total. The van der Waals surface area contributed by atoms with Crippen molar-refractivity contribution in [3.8, 4) is 0 Å².